The minimum Gasteiger partial charge on any atom is -0.383 e. The Labute approximate surface area is 156 Å². The third-order valence-electron chi connectivity index (χ3n) is 5.19. The van der Waals surface area contributed by atoms with E-state index in [9.17, 15) is 4.79 Å². The number of ether oxygens (including phenoxy) is 2. The van der Waals surface area contributed by atoms with E-state index in [0.717, 1.165) is 70.9 Å². The first kappa shape index (κ1) is 19.1. The number of hydrogen-bond acceptors (Lipinski definition) is 5. The quantitative estimate of drug-likeness (QED) is 0.808. The Morgan fingerprint density at radius 2 is 1.96 bits per heavy atom. The summed E-state index contributed by atoms with van der Waals surface area (Å²) in [6.07, 6.45) is 3.79. The number of benzene rings is 1. The largest absolute Gasteiger partial charge is 0.383 e. The molecule has 1 N–H and O–H groups in total. The van der Waals surface area contributed by atoms with Gasteiger partial charge in [0.2, 0.25) is 5.91 Å². The van der Waals surface area contributed by atoms with Crippen molar-refractivity contribution in [3.8, 4) is 0 Å². The molecule has 1 atom stereocenters. The first-order valence-electron chi connectivity index (χ1n) is 9.72. The number of nitrogens with zero attached hydrogens (tertiary/aromatic N) is 2. The minimum absolute atomic E-state index is 0.0383. The van der Waals surface area contributed by atoms with Gasteiger partial charge in [0.15, 0.2) is 0 Å². The van der Waals surface area contributed by atoms with Gasteiger partial charge in [-0.3, -0.25) is 9.69 Å². The molecule has 0 radical (unpaired) electrons. The molecule has 1 aromatic carbocycles. The van der Waals surface area contributed by atoms with Gasteiger partial charge in [0.05, 0.1) is 19.1 Å². The Hall–Kier alpha value is -1.63. The number of piperazine rings is 1. The van der Waals surface area contributed by atoms with Gasteiger partial charge in [-0.15, -0.1) is 0 Å². The number of anilines is 2. The van der Waals surface area contributed by atoms with Gasteiger partial charge >= 0.3 is 0 Å². The molecular weight excluding hydrogens is 330 g/mol. The number of hydrogen-bond donors (Lipinski definition) is 1. The molecule has 0 saturated carbocycles. The average molecular weight is 361 g/mol. The van der Waals surface area contributed by atoms with Crippen molar-refractivity contribution in [2.75, 3.05) is 63.3 Å². The van der Waals surface area contributed by atoms with Crippen LogP contribution in [-0.4, -0.2) is 70.0 Å². The van der Waals surface area contributed by atoms with Crippen molar-refractivity contribution in [2.24, 2.45) is 0 Å². The summed E-state index contributed by atoms with van der Waals surface area (Å²) in [5, 5.41) is 2.99. The predicted octanol–water partition coefficient (Wildman–Crippen LogP) is 2.35. The number of carbonyl (C=O) groups is 1. The van der Waals surface area contributed by atoms with Crippen LogP contribution in [0.3, 0.4) is 0 Å². The van der Waals surface area contributed by atoms with Crippen LogP contribution in [0.2, 0.25) is 0 Å². The van der Waals surface area contributed by atoms with E-state index in [1.165, 1.54) is 5.69 Å². The lowest BCUT2D eigenvalue weighted by molar-refractivity contribution is -0.119. The Kier molecular flexibility index (Phi) is 7.29. The monoisotopic (exact) mass is 361 g/mol. The van der Waals surface area contributed by atoms with Crippen LogP contribution in [0.5, 0.6) is 0 Å². The molecule has 2 heterocycles. The highest BCUT2D eigenvalue weighted by Crippen LogP contribution is 2.21. The average Bonchev–Trinajstić information content (AvgIpc) is 2.68. The first-order valence-corrected chi connectivity index (χ1v) is 9.72. The maximum absolute atomic E-state index is 12.2. The van der Waals surface area contributed by atoms with Gasteiger partial charge in [0.1, 0.15) is 0 Å². The van der Waals surface area contributed by atoms with E-state index < -0.39 is 0 Å². The van der Waals surface area contributed by atoms with Crippen LogP contribution in [0.15, 0.2) is 24.3 Å². The third-order valence-corrected chi connectivity index (χ3v) is 5.19. The molecule has 1 amide bonds. The molecule has 0 aromatic heterocycles. The van der Waals surface area contributed by atoms with E-state index >= 15 is 0 Å². The molecule has 1 aromatic rings. The summed E-state index contributed by atoms with van der Waals surface area (Å²) in [5.41, 5.74) is 2.07. The molecule has 0 bridgehead atoms. The maximum atomic E-state index is 12.2. The van der Waals surface area contributed by atoms with Crippen molar-refractivity contribution in [2.45, 2.75) is 31.8 Å². The minimum atomic E-state index is 0.0383. The van der Waals surface area contributed by atoms with Crippen molar-refractivity contribution in [3.05, 3.63) is 24.3 Å². The van der Waals surface area contributed by atoms with Crippen LogP contribution >= 0.6 is 0 Å². The van der Waals surface area contributed by atoms with Crippen molar-refractivity contribution < 1.29 is 14.3 Å². The van der Waals surface area contributed by atoms with Crippen molar-refractivity contribution in [1.82, 2.24) is 4.90 Å². The lowest BCUT2D eigenvalue weighted by Gasteiger charge is -2.36. The van der Waals surface area contributed by atoms with E-state index in [-0.39, 0.29) is 12.0 Å². The van der Waals surface area contributed by atoms with Crippen LogP contribution in [-0.2, 0) is 14.3 Å². The van der Waals surface area contributed by atoms with E-state index in [4.69, 9.17) is 9.47 Å². The Bertz CT molecular complexity index is 550. The third kappa shape index (κ3) is 5.69. The molecule has 6 heteroatoms. The Balaban J connectivity index is 1.44. The zero-order valence-corrected chi connectivity index (χ0v) is 15.8. The number of nitrogens with one attached hydrogen (secondary N) is 1. The van der Waals surface area contributed by atoms with Gasteiger partial charge in [-0.2, -0.15) is 0 Å². The predicted molar refractivity (Wildman–Crippen MR) is 104 cm³/mol. The summed E-state index contributed by atoms with van der Waals surface area (Å²) >= 11 is 0. The van der Waals surface area contributed by atoms with E-state index in [0.29, 0.717) is 6.42 Å². The lowest BCUT2D eigenvalue weighted by Crippen LogP contribution is -2.47. The topological polar surface area (TPSA) is 54.0 Å². The normalized spacial score (nSPS) is 21.6. The fourth-order valence-electron chi connectivity index (χ4n) is 3.59. The molecule has 1 unspecified atom stereocenters. The van der Waals surface area contributed by atoms with Gasteiger partial charge in [0, 0.05) is 57.8 Å². The van der Waals surface area contributed by atoms with E-state index in [1.54, 1.807) is 7.11 Å². The summed E-state index contributed by atoms with van der Waals surface area (Å²) in [6.45, 7) is 6.74. The smallest absolute Gasteiger partial charge is 0.226 e. The summed E-state index contributed by atoms with van der Waals surface area (Å²) in [7, 11) is 1.75. The maximum Gasteiger partial charge on any atom is 0.226 e. The van der Waals surface area contributed by atoms with E-state index in [1.807, 2.05) is 12.1 Å². The van der Waals surface area contributed by atoms with Crippen molar-refractivity contribution >= 4 is 17.3 Å². The van der Waals surface area contributed by atoms with Crippen molar-refractivity contribution in [1.29, 1.82) is 0 Å². The number of rotatable bonds is 7. The molecule has 2 saturated heterocycles. The summed E-state index contributed by atoms with van der Waals surface area (Å²) in [6, 6.07) is 8.17. The van der Waals surface area contributed by atoms with Crippen LogP contribution in [0, 0.1) is 0 Å². The molecule has 0 aliphatic carbocycles. The molecular formula is C20H31N3O3. The molecule has 6 nitrogen and oxygen atoms in total. The van der Waals surface area contributed by atoms with Gasteiger partial charge in [-0.25, -0.2) is 0 Å². The highest BCUT2D eigenvalue weighted by Gasteiger charge is 2.19. The second-order valence-corrected chi connectivity index (χ2v) is 7.11. The van der Waals surface area contributed by atoms with Crippen LogP contribution in [0.25, 0.3) is 0 Å². The molecule has 2 aliphatic heterocycles. The number of amides is 1. The van der Waals surface area contributed by atoms with Crippen LogP contribution < -0.4 is 10.2 Å². The second-order valence-electron chi connectivity index (χ2n) is 7.11. The van der Waals surface area contributed by atoms with Gasteiger partial charge in [-0.05, 0) is 43.5 Å². The zero-order valence-electron chi connectivity index (χ0n) is 15.8. The standard InChI is InChI=1S/C20H31N3O3/c1-25-15-13-22-9-11-23(12-10-22)18-7-5-17(6-8-18)21-20(24)16-19-4-2-3-14-26-19/h5-8,19H,2-4,9-16H2,1H3,(H,21,24). The van der Waals surface area contributed by atoms with Gasteiger partial charge < -0.3 is 19.7 Å². The molecule has 2 fully saturated rings. The highest BCUT2D eigenvalue weighted by molar-refractivity contribution is 5.91. The highest BCUT2D eigenvalue weighted by atomic mass is 16.5. The van der Waals surface area contributed by atoms with Gasteiger partial charge in [-0.1, -0.05) is 0 Å². The van der Waals surface area contributed by atoms with Crippen molar-refractivity contribution in [3.63, 3.8) is 0 Å². The summed E-state index contributed by atoms with van der Waals surface area (Å²) in [4.78, 5) is 17.0. The molecule has 144 valence electrons. The lowest BCUT2D eigenvalue weighted by atomic mass is 10.1. The Morgan fingerprint density at radius 1 is 1.19 bits per heavy atom. The van der Waals surface area contributed by atoms with Gasteiger partial charge in [0.25, 0.3) is 0 Å². The fourth-order valence-corrected chi connectivity index (χ4v) is 3.59. The molecule has 26 heavy (non-hydrogen) atoms. The first-order chi connectivity index (χ1) is 12.7. The summed E-state index contributed by atoms with van der Waals surface area (Å²) < 4.78 is 10.8. The Morgan fingerprint density at radius 3 is 2.62 bits per heavy atom. The van der Waals surface area contributed by atoms with Crippen LogP contribution in [0.1, 0.15) is 25.7 Å². The fraction of sp³-hybridized carbons (Fsp3) is 0.650. The summed E-state index contributed by atoms with van der Waals surface area (Å²) in [5.74, 6) is 0.0383. The number of carbonyl (C=O) groups excluding carboxylic acids is 1. The molecule has 3 rings (SSSR count). The van der Waals surface area contributed by atoms with Crippen LogP contribution in [0.4, 0.5) is 11.4 Å². The number of methoxy groups -OCH3 is 1. The second kappa shape index (κ2) is 9.90. The molecule has 0 spiro atoms. The SMILES string of the molecule is COCCN1CCN(c2ccc(NC(=O)CC3CCCCO3)cc2)CC1. The molecule has 2 aliphatic rings. The van der Waals surface area contributed by atoms with E-state index in [2.05, 4.69) is 27.2 Å². The zero-order chi connectivity index (χ0) is 18.2.